The molecule has 0 radical (unpaired) electrons. The van der Waals surface area contributed by atoms with E-state index in [1.165, 1.54) is 47.9 Å². The van der Waals surface area contributed by atoms with E-state index in [4.69, 9.17) is 0 Å². The van der Waals surface area contributed by atoms with Crippen LogP contribution in [0.1, 0.15) is 29.8 Å². The van der Waals surface area contributed by atoms with Crippen LogP contribution < -0.4 is 0 Å². The minimum absolute atomic E-state index is 0.230. The van der Waals surface area contributed by atoms with Gasteiger partial charge in [0, 0.05) is 23.2 Å². The average molecular weight is 369 g/mol. The fourth-order valence-corrected chi connectivity index (χ4v) is 5.94. The van der Waals surface area contributed by atoms with Crippen molar-refractivity contribution < 1.29 is 4.79 Å². The molecule has 3 aliphatic heterocycles. The molecule has 3 fully saturated rings. The summed E-state index contributed by atoms with van der Waals surface area (Å²) in [6.45, 7) is 3.54. The molecule has 3 nitrogen and oxygen atoms in total. The van der Waals surface area contributed by atoms with Gasteiger partial charge in [0.05, 0.1) is 4.70 Å². The largest absolute Gasteiger partial charge is 0.303 e. The molecular weight excluding hydrogens is 348 g/mol. The van der Waals surface area contributed by atoms with E-state index in [0.29, 0.717) is 18.0 Å². The predicted octanol–water partition coefficient (Wildman–Crippen LogP) is 4.94. The van der Waals surface area contributed by atoms with Gasteiger partial charge in [0.2, 0.25) is 0 Å². The van der Waals surface area contributed by atoms with Crippen LogP contribution in [0.5, 0.6) is 0 Å². The van der Waals surface area contributed by atoms with Crippen molar-refractivity contribution in [1.82, 2.24) is 9.27 Å². The Morgan fingerprint density at radius 1 is 1.24 bits per heavy atom. The van der Waals surface area contributed by atoms with Crippen molar-refractivity contribution in [2.24, 2.45) is 11.8 Å². The Morgan fingerprint density at radius 3 is 2.84 bits per heavy atom. The number of aromatic nitrogens is 1. The molecule has 128 valence electrons. The quantitative estimate of drug-likeness (QED) is 0.612. The number of benzene rings is 1. The van der Waals surface area contributed by atoms with Crippen LogP contribution in [0.15, 0.2) is 35.7 Å². The van der Waals surface area contributed by atoms with Crippen LogP contribution in [0.3, 0.4) is 0 Å². The molecule has 0 spiro atoms. The van der Waals surface area contributed by atoms with Crippen LogP contribution in [0.25, 0.3) is 20.5 Å². The zero-order valence-electron chi connectivity index (χ0n) is 14.0. The van der Waals surface area contributed by atoms with E-state index in [1.54, 1.807) is 11.3 Å². The van der Waals surface area contributed by atoms with Gasteiger partial charge in [-0.05, 0) is 72.4 Å². The number of fused-ring (bicyclic) bond motifs is 4. The molecule has 25 heavy (non-hydrogen) atoms. The van der Waals surface area contributed by atoms with Crippen molar-refractivity contribution in [3.63, 3.8) is 0 Å². The van der Waals surface area contributed by atoms with E-state index in [-0.39, 0.29) is 5.78 Å². The first-order valence-corrected chi connectivity index (χ1v) is 10.6. The summed E-state index contributed by atoms with van der Waals surface area (Å²) in [4.78, 5) is 16.7. The zero-order valence-corrected chi connectivity index (χ0v) is 15.6. The van der Waals surface area contributed by atoms with Crippen LogP contribution in [0.2, 0.25) is 0 Å². The summed E-state index contributed by atoms with van der Waals surface area (Å²) in [7, 11) is 0. The Hall–Kier alpha value is -1.56. The molecule has 2 aromatic heterocycles. The maximum atomic E-state index is 12.9. The molecule has 0 N–H and O–H groups in total. The van der Waals surface area contributed by atoms with Crippen LogP contribution >= 0.6 is 22.9 Å². The highest BCUT2D eigenvalue weighted by Gasteiger charge is 2.35. The summed E-state index contributed by atoms with van der Waals surface area (Å²) < 4.78 is 5.64. The number of carbonyl (C=O) groups excluding carboxylic acids is 1. The molecule has 5 heteroatoms. The topological polar surface area (TPSA) is 33.2 Å². The SMILES string of the molecule is O=C(C[C@@H]1CN2CCC1CC2)c1nsc2cc(-c3cccs3)ccc12. The molecule has 5 heterocycles. The molecule has 1 atom stereocenters. The lowest BCUT2D eigenvalue weighted by molar-refractivity contribution is 0.0440. The second-order valence-corrected chi connectivity index (χ2v) is 9.00. The van der Waals surface area contributed by atoms with Crippen LogP contribution in [-0.4, -0.2) is 34.7 Å². The van der Waals surface area contributed by atoms with Gasteiger partial charge in [0.1, 0.15) is 5.69 Å². The van der Waals surface area contributed by atoms with E-state index >= 15 is 0 Å². The second kappa shape index (κ2) is 6.31. The highest BCUT2D eigenvalue weighted by molar-refractivity contribution is 7.14. The molecular formula is C20H20N2OS2. The van der Waals surface area contributed by atoms with Gasteiger partial charge in [-0.1, -0.05) is 18.2 Å². The van der Waals surface area contributed by atoms with E-state index in [1.807, 2.05) is 0 Å². The summed E-state index contributed by atoms with van der Waals surface area (Å²) in [5.41, 5.74) is 1.90. The maximum Gasteiger partial charge on any atom is 0.183 e. The number of Topliss-reactive ketones (excluding diaryl/α,β-unsaturated/α-hetero) is 1. The number of hydrogen-bond acceptors (Lipinski definition) is 5. The number of nitrogens with zero attached hydrogens (tertiary/aromatic N) is 2. The number of ketones is 1. The van der Waals surface area contributed by atoms with Crippen molar-refractivity contribution in [2.45, 2.75) is 19.3 Å². The highest BCUT2D eigenvalue weighted by Crippen LogP contribution is 2.36. The van der Waals surface area contributed by atoms with Crippen molar-refractivity contribution >= 4 is 38.7 Å². The summed E-state index contributed by atoms with van der Waals surface area (Å²) in [6.07, 6.45) is 3.19. The third kappa shape index (κ3) is 2.84. The van der Waals surface area contributed by atoms with Crippen LogP contribution in [0.4, 0.5) is 0 Å². The summed E-state index contributed by atoms with van der Waals surface area (Å²) in [6, 6.07) is 10.6. The first-order chi connectivity index (χ1) is 12.3. The molecule has 0 saturated carbocycles. The molecule has 3 aromatic rings. The highest BCUT2D eigenvalue weighted by atomic mass is 32.1. The van der Waals surface area contributed by atoms with E-state index in [2.05, 4.69) is 45.0 Å². The first-order valence-electron chi connectivity index (χ1n) is 8.97. The lowest BCUT2D eigenvalue weighted by Gasteiger charge is -2.44. The molecule has 3 saturated heterocycles. The average Bonchev–Trinajstić information content (AvgIpc) is 3.32. The van der Waals surface area contributed by atoms with Gasteiger partial charge >= 0.3 is 0 Å². The molecule has 2 bridgehead atoms. The molecule has 3 aliphatic rings. The summed E-state index contributed by atoms with van der Waals surface area (Å²) >= 11 is 3.19. The van der Waals surface area contributed by atoms with Gasteiger partial charge in [-0.3, -0.25) is 4.79 Å². The van der Waals surface area contributed by atoms with Gasteiger partial charge in [-0.2, -0.15) is 4.37 Å². The minimum Gasteiger partial charge on any atom is -0.303 e. The zero-order chi connectivity index (χ0) is 16.8. The minimum atomic E-state index is 0.230. The number of thiophene rings is 1. The molecule has 0 aliphatic carbocycles. The second-order valence-electron chi connectivity index (χ2n) is 7.24. The van der Waals surface area contributed by atoms with Crippen molar-refractivity contribution in [3.8, 4) is 10.4 Å². The predicted molar refractivity (Wildman–Crippen MR) is 105 cm³/mol. The molecule has 0 unspecified atom stereocenters. The third-order valence-electron chi connectivity index (χ3n) is 5.78. The monoisotopic (exact) mass is 368 g/mol. The van der Waals surface area contributed by atoms with Crippen LogP contribution in [0, 0.1) is 11.8 Å². The number of rotatable bonds is 4. The van der Waals surface area contributed by atoms with E-state index < -0.39 is 0 Å². The molecule has 0 amide bonds. The Morgan fingerprint density at radius 2 is 2.12 bits per heavy atom. The lowest BCUT2D eigenvalue weighted by Crippen LogP contribution is -2.47. The first kappa shape index (κ1) is 15.7. The maximum absolute atomic E-state index is 12.9. The van der Waals surface area contributed by atoms with Crippen LogP contribution in [-0.2, 0) is 0 Å². The van der Waals surface area contributed by atoms with E-state index in [0.717, 1.165) is 22.5 Å². The molecule has 1 aromatic carbocycles. The Bertz CT molecular complexity index is 907. The van der Waals surface area contributed by atoms with Gasteiger partial charge in [-0.25, -0.2) is 0 Å². The van der Waals surface area contributed by atoms with Crippen molar-refractivity contribution in [1.29, 1.82) is 0 Å². The van der Waals surface area contributed by atoms with Gasteiger partial charge in [-0.15, -0.1) is 11.3 Å². The third-order valence-corrected chi connectivity index (χ3v) is 7.51. The van der Waals surface area contributed by atoms with Crippen molar-refractivity contribution in [2.75, 3.05) is 19.6 Å². The van der Waals surface area contributed by atoms with Gasteiger partial charge < -0.3 is 4.90 Å². The standard InChI is InChI=1S/C20H20N2OS2/c23-17(10-15-12-22-7-5-13(15)6-8-22)20-16-4-3-14(11-19(16)25-21-20)18-2-1-9-24-18/h1-4,9,11,13,15H,5-8,10,12H2/t15-/m1/s1. The Kier molecular flexibility index (Phi) is 3.95. The molecule has 6 rings (SSSR count). The number of hydrogen-bond donors (Lipinski definition) is 0. The van der Waals surface area contributed by atoms with Gasteiger partial charge in [0.25, 0.3) is 0 Å². The fourth-order valence-electron chi connectivity index (χ4n) is 4.39. The number of carbonyl (C=O) groups is 1. The van der Waals surface area contributed by atoms with Crippen molar-refractivity contribution in [3.05, 3.63) is 41.4 Å². The number of piperidine rings is 3. The Balaban J connectivity index is 1.40. The lowest BCUT2D eigenvalue weighted by atomic mass is 9.76. The smallest absolute Gasteiger partial charge is 0.183 e. The summed E-state index contributed by atoms with van der Waals surface area (Å²) in [5, 5.41) is 3.12. The van der Waals surface area contributed by atoms with Gasteiger partial charge in [0.15, 0.2) is 5.78 Å². The Labute approximate surface area is 155 Å². The normalized spacial score (nSPS) is 25.5. The fraction of sp³-hybridized carbons (Fsp3) is 0.400. The van der Waals surface area contributed by atoms with E-state index in [9.17, 15) is 4.79 Å². The summed E-state index contributed by atoms with van der Waals surface area (Å²) in [5.74, 6) is 1.50.